The van der Waals surface area contributed by atoms with E-state index in [9.17, 15) is 4.79 Å². The van der Waals surface area contributed by atoms with E-state index < -0.39 is 0 Å². The van der Waals surface area contributed by atoms with Crippen molar-refractivity contribution in [2.75, 3.05) is 19.6 Å². The van der Waals surface area contributed by atoms with Crippen molar-refractivity contribution in [1.29, 1.82) is 0 Å². The van der Waals surface area contributed by atoms with E-state index in [1.54, 1.807) is 0 Å². The first-order chi connectivity index (χ1) is 9.39. The van der Waals surface area contributed by atoms with E-state index in [1.807, 2.05) is 43.9 Å². The van der Waals surface area contributed by atoms with E-state index in [1.165, 1.54) is 5.56 Å². The van der Waals surface area contributed by atoms with Crippen LogP contribution < -0.4 is 5.73 Å². The van der Waals surface area contributed by atoms with Crippen LogP contribution in [0.3, 0.4) is 0 Å². The number of ether oxygens (including phenoxy) is 1. The molecule has 1 unspecified atom stereocenters. The largest absolute Gasteiger partial charge is 0.367 e. The summed E-state index contributed by atoms with van der Waals surface area (Å²) in [5, 5.41) is 0. The molecule has 0 saturated carbocycles. The van der Waals surface area contributed by atoms with Gasteiger partial charge in [0.2, 0.25) is 5.91 Å². The average Bonchev–Trinajstić information content (AvgIpc) is 2.36. The quantitative estimate of drug-likeness (QED) is 0.910. The second-order valence-electron chi connectivity index (χ2n) is 6.18. The Morgan fingerprint density at radius 2 is 2.25 bits per heavy atom. The highest BCUT2D eigenvalue weighted by Gasteiger charge is 2.34. The van der Waals surface area contributed by atoms with Gasteiger partial charge in [-0.1, -0.05) is 29.8 Å². The van der Waals surface area contributed by atoms with Gasteiger partial charge in [-0.25, -0.2) is 0 Å². The van der Waals surface area contributed by atoms with Gasteiger partial charge in [-0.3, -0.25) is 4.79 Å². The fourth-order valence-corrected chi connectivity index (χ4v) is 2.72. The third-order valence-corrected chi connectivity index (χ3v) is 3.53. The Kier molecular flexibility index (Phi) is 4.45. The highest BCUT2D eigenvalue weighted by molar-refractivity contribution is 5.79. The minimum Gasteiger partial charge on any atom is -0.367 e. The van der Waals surface area contributed by atoms with Crippen molar-refractivity contribution in [2.45, 2.75) is 38.9 Å². The highest BCUT2D eigenvalue weighted by atomic mass is 16.5. The topological polar surface area (TPSA) is 55.6 Å². The number of hydrogen-bond donors (Lipinski definition) is 1. The van der Waals surface area contributed by atoms with Gasteiger partial charge < -0.3 is 15.4 Å². The van der Waals surface area contributed by atoms with Crippen LogP contribution in [0.25, 0.3) is 0 Å². The Labute approximate surface area is 120 Å². The Morgan fingerprint density at radius 1 is 1.50 bits per heavy atom. The van der Waals surface area contributed by atoms with Gasteiger partial charge >= 0.3 is 0 Å². The number of nitrogens with two attached hydrogens (primary N) is 1. The average molecular weight is 276 g/mol. The van der Waals surface area contributed by atoms with E-state index in [0.717, 1.165) is 5.56 Å². The van der Waals surface area contributed by atoms with E-state index >= 15 is 0 Å². The molecule has 4 nitrogen and oxygen atoms in total. The van der Waals surface area contributed by atoms with Crippen molar-refractivity contribution in [3.63, 3.8) is 0 Å². The molecule has 4 heteroatoms. The minimum absolute atomic E-state index is 0.0693. The summed E-state index contributed by atoms with van der Waals surface area (Å²) in [6.45, 7) is 7.69. The van der Waals surface area contributed by atoms with Gasteiger partial charge in [0.1, 0.15) is 0 Å². The molecule has 1 heterocycles. The lowest BCUT2D eigenvalue weighted by atomic mass is 10.0. The molecular weight excluding hydrogens is 252 g/mol. The van der Waals surface area contributed by atoms with Crippen molar-refractivity contribution < 1.29 is 9.53 Å². The van der Waals surface area contributed by atoms with Crippen molar-refractivity contribution in [2.24, 2.45) is 5.73 Å². The number of carbonyl (C=O) groups excluding carboxylic acids is 1. The number of amides is 1. The number of benzene rings is 1. The number of carbonyl (C=O) groups is 1. The van der Waals surface area contributed by atoms with Gasteiger partial charge in [-0.2, -0.15) is 0 Å². The van der Waals surface area contributed by atoms with Crippen LogP contribution in [0.15, 0.2) is 24.3 Å². The summed E-state index contributed by atoms with van der Waals surface area (Å²) >= 11 is 0. The maximum Gasteiger partial charge on any atom is 0.227 e. The molecule has 0 radical (unpaired) electrons. The maximum absolute atomic E-state index is 12.5. The molecule has 2 N–H and O–H groups in total. The standard InChI is InChI=1S/C16H24N2O2/c1-12-5-4-6-13(7-12)8-15(19)18-10-14(9-17)20-16(2,3)11-18/h4-7,14H,8-11,17H2,1-3H3. The van der Waals surface area contributed by atoms with E-state index in [2.05, 4.69) is 6.07 Å². The molecule has 0 spiro atoms. The van der Waals surface area contributed by atoms with Crippen LogP contribution in [0, 0.1) is 6.92 Å². The minimum atomic E-state index is -0.329. The molecule has 20 heavy (non-hydrogen) atoms. The highest BCUT2D eigenvalue weighted by Crippen LogP contribution is 2.21. The first-order valence-electron chi connectivity index (χ1n) is 7.11. The number of aryl methyl sites for hydroxylation is 1. The normalized spacial score (nSPS) is 21.8. The van der Waals surface area contributed by atoms with Crippen LogP contribution in [0.5, 0.6) is 0 Å². The Morgan fingerprint density at radius 3 is 2.90 bits per heavy atom. The summed E-state index contributed by atoms with van der Waals surface area (Å²) in [7, 11) is 0. The van der Waals surface area contributed by atoms with Gasteiger partial charge in [-0.15, -0.1) is 0 Å². The monoisotopic (exact) mass is 276 g/mol. The zero-order valence-electron chi connectivity index (χ0n) is 12.6. The molecule has 110 valence electrons. The first-order valence-corrected chi connectivity index (χ1v) is 7.11. The number of rotatable bonds is 3. The fraction of sp³-hybridized carbons (Fsp3) is 0.562. The van der Waals surface area contributed by atoms with Crippen molar-refractivity contribution >= 4 is 5.91 Å². The molecule has 2 rings (SSSR count). The predicted molar refractivity (Wildman–Crippen MR) is 79.5 cm³/mol. The third kappa shape index (κ3) is 3.81. The second kappa shape index (κ2) is 5.94. The van der Waals surface area contributed by atoms with Gasteiger partial charge in [-0.05, 0) is 26.3 Å². The van der Waals surface area contributed by atoms with Crippen molar-refractivity contribution in [3.8, 4) is 0 Å². The molecule has 1 aliphatic heterocycles. The zero-order valence-corrected chi connectivity index (χ0v) is 12.6. The van der Waals surface area contributed by atoms with Crippen LogP contribution in [-0.2, 0) is 16.0 Å². The Balaban J connectivity index is 2.04. The molecule has 1 aromatic rings. The molecule has 1 aromatic carbocycles. The van der Waals surface area contributed by atoms with Crippen LogP contribution >= 0.6 is 0 Å². The van der Waals surface area contributed by atoms with Crippen molar-refractivity contribution in [1.82, 2.24) is 4.90 Å². The van der Waals surface area contributed by atoms with Crippen LogP contribution in [0.4, 0.5) is 0 Å². The summed E-state index contributed by atoms with van der Waals surface area (Å²) in [5.74, 6) is 0.144. The lowest BCUT2D eigenvalue weighted by Crippen LogP contribution is -2.56. The maximum atomic E-state index is 12.5. The number of hydrogen-bond acceptors (Lipinski definition) is 3. The Hall–Kier alpha value is -1.39. The van der Waals surface area contributed by atoms with Gasteiger partial charge in [0.25, 0.3) is 0 Å². The molecule has 1 atom stereocenters. The van der Waals surface area contributed by atoms with Gasteiger partial charge in [0.05, 0.1) is 18.1 Å². The predicted octanol–water partition coefficient (Wildman–Crippen LogP) is 1.50. The molecule has 0 aliphatic carbocycles. The molecular formula is C16H24N2O2. The summed E-state index contributed by atoms with van der Waals surface area (Å²) in [6.07, 6.45) is 0.370. The summed E-state index contributed by atoms with van der Waals surface area (Å²) in [6, 6.07) is 8.08. The lowest BCUT2D eigenvalue weighted by molar-refractivity contribution is -0.158. The number of morpholine rings is 1. The second-order valence-corrected chi connectivity index (χ2v) is 6.18. The SMILES string of the molecule is Cc1cccc(CC(=O)N2CC(CN)OC(C)(C)C2)c1. The van der Waals surface area contributed by atoms with Crippen molar-refractivity contribution in [3.05, 3.63) is 35.4 Å². The lowest BCUT2D eigenvalue weighted by Gasteiger charge is -2.42. The zero-order chi connectivity index (χ0) is 14.8. The summed E-state index contributed by atoms with van der Waals surface area (Å²) < 4.78 is 5.85. The van der Waals surface area contributed by atoms with E-state index in [-0.39, 0.29) is 17.6 Å². The first kappa shape index (κ1) is 15.0. The summed E-state index contributed by atoms with van der Waals surface area (Å²) in [5.41, 5.74) is 7.60. The summed E-state index contributed by atoms with van der Waals surface area (Å²) in [4.78, 5) is 14.3. The third-order valence-electron chi connectivity index (χ3n) is 3.53. The molecule has 1 amide bonds. The van der Waals surface area contributed by atoms with E-state index in [4.69, 9.17) is 10.5 Å². The van der Waals surface area contributed by atoms with Crippen LogP contribution in [0.2, 0.25) is 0 Å². The molecule has 1 saturated heterocycles. The number of nitrogens with zero attached hydrogens (tertiary/aromatic N) is 1. The van der Waals surface area contributed by atoms with Crippen LogP contribution in [0.1, 0.15) is 25.0 Å². The fourth-order valence-electron chi connectivity index (χ4n) is 2.72. The smallest absolute Gasteiger partial charge is 0.227 e. The molecule has 0 aromatic heterocycles. The van der Waals surface area contributed by atoms with Gasteiger partial charge in [0.15, 0.2) is 0 Å². The molecule has 1 fully saturated rings. The molecule has 0 bridgehead atoms. The van der Waals surface area contributed by atoms with Crippen LogP contribution in [-0.4, -0.2) is 42.1 Å². The van der Waals surface area contributed by atoms with E-state index in [0.29, 0.717) is 26.1 Å². The molecule has 1 aliphatic rings. The Bertz CT molecular complexity index is 485. The van der Waals surface area contributed by atoms with Gasteiger partial charge in [0, 0.05) is 19.6 Å².